The summed E-state index contributed by atoms with van der Waals surface area (Å²) in [6.07, 6.45) is 1.98. The third kappa shape index (κ3) is 3.74. The minimum Gasteiger partial charge on any atom is -0.455 e. The number of nitrogens with one attached hydrogen (secondary N) is 1. The monoisotopic (exact) mass is 321 g/mol. The van der Waals surface area contributed by atoms with E-state index in [0.29, 0.717) is 13.2 Å². The molecule has 20 heavy (non-hydrogen) atoms. The molecule has 1 amide bonds. The largest absolute Gasteiger partial charge is 0.455 e. The van der Waals surface area contributed by atoms with Crippen molar-refractivity contribution in [3.8, 4) is 0 Å². The molecule has 2 heterocycles. The molecule has 1 aliphatic rings. The van der Waals surface area contributed by atoms with Crippen molar-refractivity contribution in [2.24, 2.45) is 5.92 Å². The number of amides is 1. The van der Waals surface area contributed by atoms with Crippen molar-refractivity contribution in [2.75, 3.05) is 19.8 Å². The summed E-state index contributed by atoms with van der Waals surface area (Å²) in [6.45, 7) is 3.31. The van der Waals surface area contributed by atoms with E-state index in [4.69, 9.17) is 19.8 Å². The van der Waals surface area contributed by atoms with Crippen molar-refractivity contribution < 1.29 is 22.4 Å². The summed E-state index contributed by atoms with van der Waals surface area (Å²) in [4.78, 5) is 11.7. The van der Waals surface area contributed by atoms with E-state index in [2.05, 4.69) is 5.32 Å². The van der Waals surface area contributed by atoms with Gasteiger partial charge in [-0.05, 0) is 25.7 Å². The fourth-order valence-electron chi connectivity index (χ4n) is 2.11. The Morgan fingerprint density at radius 1 is 1.55 bits per heavy atom. The van der Waals surface area contributed by atoms with Crippen LogP contribution in [0.5, 0.6) is 0 Å². The van der Waals surface area contributed by atoms with Crippen LogP contribution in [0.3, 0.4) is 0 Å². The molecule has 0 saturated carbocycles. The minimum absolute atomic E-state index is 0.0570. The molecule has 0 aliphatic carbocycles. The molecule has 8 heteroatoms. The Balaban J connectivity index is 1.99. The SMILES string of the molecule is Cc1oc(C(=O)NCC2CCCOC2)cc1S(=O)(=O)Cl. The first kappa shape index (κ1) is 15.3. The zero-order valence-corrected chi connectivity index (χ0v) is 12.6. The van der Waals surface area contributed by atoms with E-state index in [1.165, 1.54) is 6.92 Å². The van der Waals surface area contributed by atoms with E-state index in [-0.39, 0.29) is 22.3 Å². The average molecular weight is 322 g/mol. The summed E-state index contributed by atoms with van der Waals surface area (Å²) in [6, 6.07) is 1.14. The average Bonchev–Trinajstić information content (AvgIpc) is 2.79. The molecule has 1 aromatic heterocycles. The van der Waals surface area contributed by atoms with E-state index >= 15 is 0 Å². The zero-order valence-electron chi connectivity index (χ0n) is 11.0. The first-order valence-electron chi connectivity index (χ1n) is 6.29. The van der Waals surface area contributed by atoms with Crippen LogP contribution in [0.2, 0.25) is 0 Å². The molecule has 112 valence electrons. The van der Waals surface area contributed by atoms with Crippen LogP contribution < -0.4 is 5.32 Å². The van der Waals surface area contributed by atoms with Crippen molar-refractivity contribution in [1.29, 1.82) is 0 Å². The maximum absolute atomic E-state index is 11.9. The standard InChI is InChI=1S/C12H16ClNO5S/c1-8-11(20(13,16)17)5-10(19-8)12(15)14-6-9-3-2-4-18-7-9/h5,9H,2-4,6-7H2,1H3,(H,14,15). The third-order valence-corrected chi connectivity index (χ3v) is 4.59. The molecular weight excluding hydrogens is 306 g/mol. The highest BCUT2D eigenvalue weighted by Gasteiger charge is 2.23. The van der Waals surface area contributed by atoms with Crippen LogP contribution in [0.25, 0.3) is 0 Å². The Kier molecular flexibility index (Phi) is 4.72. The normalized spacial score (nSPS) is 19.8. The number of halogens is 1. The highest BCUT2D eigenvalue weighted by Crippen LogP contribution is 2.23. The number of rotatable bonds is 4. The van der Waals surface area contributed by atoms with Crippen LogP contribution in [0.1, 0.15) is 29.2 Å². The van der Waals surface area contributed by atoms with Gasteiger partial charge in [-0.2, -0.15) is 0 Å². The van der Waals surface area contributed by atoms with Crippen LogP contribution in [0, 0.1) is 12.8 Å². The number of furan rings is 1. The van der Waals surface area contributed by atoms with Crippen LogP contribution >= 0.6 is 10.7 Å². The summed E-state index contributed by atoms with van der Waals surface area (Å²) < 4.78 is 33.0. The molecular formula is C12H16ClNO5S. The molecule has 1 N–H and O–H groups in total. The second-order valence-electron chi connectivity index (χ2n) is 4.76. The minimum atomic E-state index is -3.90. The molecule has 0 spiro atoms. The summed E-state index contributed by atoms with van der Waals surface area (Å²) in [7, 11) is 1.34. The van der Waals surface area contributed by atoms with Gasteiger partial charge in [0.1, 0.15) is 10.7 Å². The smallest absolute Gasteiger partial charge is 0.287 e. The van der Waals surface area contributed by atoms with Crippen LogP contribution in [0.4, 0.5) is 0 Å². The third-order valence-electron chi connectivity index (χ3n) is 3.16. The lowest BCUT2D eigenvalue weighted by atomic mass is 10.0. The van der Waals surface area contributed by atoms with Gasteiger partial charge in [-0.3, -0.25) is 4.79 Å². The summed E-state index contributed by atoms with van der Waals surface area (Å²) in [5.41, 5.74) is 0. The highest BCUT2D eigenvalue weighted by molar-refractivity contribution is 8.13. The summed E-state index contributed by atoms with van der Waals surface area (Å²) in [5, 5.41) is 2.71. The molecule has 0 aromatic carbocycles. The Bertz CT molecular complexity index is 589. The fourth-order valence-corrected chi connectivity index (χ4v) is 3.20. The van der Waals surface area contributed by atoms with Gasteiger partial charge in [-0.15, -0.1) is 0 Å². The van der Waals surface area contributed by atoms with E-state index < -0.39 is 15.0 Å². The molecule has 1 fully saturated rings. The van der Waals surface area contributed by atoms with Gasteiger partial charge in [-0.25, -0.2) is 8.42 Å². The van der Waals surface area contributed by atoms with Gasteiger partial charge in [0.05, 0.1) is 6.61 Å². The Morgan fingerprint density at radius 2 is 2.30 bits per heavy atom. The van der Waals surface area contributed by atoms with Crippen LogP contribution in [0.15, 0.2) is 15.4 Å². The first-order chi connectivity index (χ1) is 9.38. The van der Waals surface area contributed by atoms with Gasteiger partial charge in [-0.1, -0.05) is 0 Å². The molecule has 2 rings (SSSR count). The molecule has 1 atom stereocenters. The zero-order chi connectivity index (χ0) is 14.8. The number of carbonyl (C=O) groups excluding carboxylic acids is 1. The van der Waals surface area contributed by atoms with E-state index in [1.807, 2.05) is 0 Å². The second kappa shape index (κ2) is 6.15. The summed E-state index contributed by atoms with van der Waals surface area (Å²) >= 11 is 0. The maximum Gasteiger partial charge on any atom is 0.287 e. The molecule has 1 aliphatic heterocycles. The number of aryl methyl sites for hydroxylation is 1. The van der Waals surface area contributed by atoms with Crippen LogP contribution in [-0.2, 0) is 13.8 Å². The van der Waals surface area contributed by atoms with E-state index in [0.717, 1.165) is 25.5 Å². The fraction of sp³-hybridized carbons (Fsp3) is 0.583. The number of ether oxygens (including phenoxy) is 1. The topological polar surface area (TPSA) is 85.6 Å². The Hall–Kier alpha value is -1.05. The van der Waals surface area contributed by atoms with Crippen molar-refractivity contribution in [3.63, 3.8) is 0 Å². The van der Waals surface area contributed by atoms with Gasteiger partial charge >= 0.3 is 0 Å². The van der Waals surface area contributed by atoms with Crippen LogP contribution in [-0.4, -0.2) is 34.1 Å². The lowest BCUT2D eigenvalue weighted by molar-refractivity contribution is 0.0533. The second-order valence-corrected chi connectivity index (χ2v) is 7.30. The number of carbonyl (C=O) groups is 1. The molecule has 1 unspecified atom stereocenters. The van der Waals surface area contributed by atoms with Gasteiger partial charge in [0.15, 0.2) is 5.76 Å². The van der Waals surface area contributed by atoms with Gasteiger partial charge in [0.25, 0.3) is 15.0 Å². The summed E-state index contributed by atoms with van der Waals surface area (Å²) in [5.74, 6) is -0.130. The number of hydrogen-bond acceptors (Lipinski definition) is 5. The predicted molar refractivity (Wildman–Crippen MR) is 72.4 cm³/mol. The molecule has 6 nitrogen and oxygen atoms in total. The first-order valence-corrected chi connectivity index (χ1v) is 8.60. The lowest BCUT2D eigenvalue weighted by Gasteiger charge is -2.21. The maximum atomic E-state index is 11.9. The van der Waals surface area contributed by atoms with Crippen molar-refractivity contribution in [2.45, 2.75) is 24.7 Å². The van der Waals surface area contributed by atoms with Crippen molar-refractivity contribution in [3.05, 3.63) is 17.6 Å². The molecule has 0 bridgehead atoms. The van der Waals surface area contributed by atoms with Gasteiger partial charge in [0, 0.05) is 29.9 Å². The van der Waals surface area contributed by atoms with Gasteiger partial charge in [0.2, 0.25) is 0 Å². The predicted octanol–water partition coefficient (Wildman–Crippen LogP) is 1.67. The Labute approximate surface area is 121 Å². The van der Waals surface area contributed by atoms with Crippen molar-refractivity contribution in [1.82, 2.24) is 5.32 Å². The quantitative estimate of drug-likeness (QED) is 0.853. The highest BCUT2D eigenvalue weighted by atomic mass is 35.7. The van der Waals surface area contributed by atoms with Crippen molar-refractivity contribution >= 4 is 25.6 Å². The Morgan fingerprint density at radius 3 is 2.85 bits per heavy atom. The number of hydrogen-bond donors (Lipinski definition) is 1. The molecule has 0 radical (unpaired) electrons. The van der Waals surface area contributed by atoms with E-state index in [1.54, 1.807) is 0 Å². The lowest BCUT2D eigenvalue weighted by Crippen LogP contribution is -2.33. The molecule has 1 aromatic rings. The van der Waals surface area contributed by atoms with E-state index in [9.17, 15) is 13.2 Å². The molecule has 1 saturated heterocycles. The van der Waals surface area contributed by atoms with Gasteiger partial charge < -0.3 is 14.5 Å².